The number of carbonyl (C=O) groups is 1. The van der Waals surface area contributed by atoms with Crippen molar-refractivity contribution in [3.8, 4) is 11.8 Å². The number of aryl methyl sites for hydroxylation is 1. The van der Waals surface area contributed by atoms with E-state index in [1.54, 1.807) is 12.1 Å². The SMILES string of the molecule is Cc1cccc(NC(=O)/C(C#N)=C\c2ccc(OCc3ccc(Br)cc3)c(I)c2)c1. The van der Waals surface area contributed by atoms with Crippen molar-refractivity contribution in [1.82, 2.24) is 0 Å². The van der Waals surface area contributed by atoms with E-state index in [1.165, 1.54) is 0 Å². The maximum Gasteiger partial charge on any atom is 0.266 e. The summed E-state index contributed by atoms with van der Waals surface area (Å²) in [5.41, 5.74) is 3.55. The number of anilines is 1. The van der Waals surface area contributed by atoms with Gasteiger partial charge in [-0.25, -0.2) is 0 Å². The number of hydrogen-bond donors (Lipinski definition) is 1. The summed E-state index contributed by atoms with van der Waals surface area (Å²) in [7, 11) is 0. The number of nitrogens with zero attached hydrogens (tertiary/aromatic N) is 1. The Morgan fingerprint density at radius 3 is 2.60 bits per heavy atom. The first-order valence-electron chi connectivity index (χ1n) is 9.11. The fourth-order valence-corrected chi connectivity index (χ4v) is 3.66. The van der Waals surface area contributed by atoms with Crippen molar-refractivity contribution < 1.29 is 9.53 Å². The van der Waals surface area contributed by atoms with Gasteiger partial charge in [0.15, 0.2) is 0 Å². The zero-order chi connectivity index (χ0) is 21.5. The molecule has 0 fully saturated rings. The minimum Gasteiger partial charge on any atom is -0.488 e. The Morgan fingerprint density at radius 2 is 1.93 bits per heavy atom. The predicted octanol–water partition coefficient (Wildman–Crippen LogP) is 6.49. The predicted molar refractivity (Wildman–Crippen MR) is 131 cm³/mol. The summed E-state index contributed by atoms with van der Waals surface area (Å²) >= 11 is 5.61. The Bertz CT molecular complexity index is 1130. The fourth-order valence-electron chi connectivity index (χ4n) is 2.70. The Balaban J connectivity index is 1.70. The number of amides is 1. The molecule has 0 unspecified atom stereocenters. The molecule has 30 heavy (non-hydrogen) atoms. The molecular formula is C24H18BrIN2O2. The second-order valence-electron chi connectivity index (χ2n) is 6.60. The van der Waals surface area contributed by atoms with Gasteiger partial charge in [-0.15, -0.1) is 0 Å². The molecule has 0 atom stereocenters. The van der Waals surface area contributed by atoms with Gasteiger partial charge in [0.1, 0.15) is 24.0 Å². The van der Waals surface area contributed by atoms with Crippen molar-refractivity contribution in [1.29, 1.82) is 5.26 Å². The van der Waals surface area contributed by atoms with Crippen LogP contribution in [0.3, 0.4) is 0 Å². The van der Waals surface area contributed by atoms with E-state index < -0.39 is 5.91 Å². The number of halogens is 2. The highest BCUT2D eigenvalue weighted by atomic mass is 127. The number of hydrogen-bond acceptors (Lipinski definition) is 3. The van der Waals surface area contributed by atoms with Gasteiger partial charge in [0.2, 0.25) is 0 Å². The third-order valence-electron chi connectivity index (χ3n) is 4.22. The second-order valence-corrected chi connectivity index (χ2v) is 8.68. The molecule has 0 aliphatic carbocycles. The molecular weight excluding hydrogens is 555 g/mol. The van der Waals surface area contributed by atoms with Gasteiger partial charge in [-0.2, -0.15) is 5.26 Å². The van der Waals surface area contributed by atoms with E-state index in [0.717, 1.165) is 30.5 Å². The molecule has 0 saturated heterocycles. The van der Waals surface area contributed by atoms with Crippen LogP contribution in [-0.2, 0) is 11.4 Å². The average Bonchev–Trinajstić information content (AvgIpc) is 2.72. The summed E-state index contributed by atoms with van der Waals surface area (Å²) in [5, 5.41) is 12.2. The number of carbonyl (C=O) groups excluding carboxylic acids is 1. The van der Waals surface area contributed by atoms with Gasteiger partial charge in [0.25, 0.3) is 5.91 Å². The lowest BCUT2D eigenvalue weighted by atomic mass is 10.1. The molecule has 0 bridgehead atoms. The molecule has 6 heteroatoms. The van der Waals surface area contributed by atoms with Crippen molar-refractivity contribution in [2.45, 2.75) is 13.5 Å². The zero-order valence-electron chi connectivity index (χ0n) is 16.2. The smallest absolute Gasteiger partial charge is 0.266 e. The van der Waals surface area contributed by atoms with Crippen LogP contribution in [0.4, 0.5) is 5.69 Å². The first kappa shape index (κ1) is 22.1. The van der Waals surface area contributed by atoms with Gasteiger partial charge in [0.05, 0.1) is 3.57 Å². The highest BCUT2D eigenvalue weighted by molar-refractivity contribution is 14.1. The monoisotopic (exact) mass is 572 g/mol. The zero-order valence-corrected chi connectivity index (χ0v) is 19.9. The number of ether oxygens (including phenoxy) is 1. The topological polar surface area (TPSA) is 62.1 Å². The van der Waals surface area contributed by atoms with Crippen LogP contribution < -0.4 is 10.1 Å². The maximum absolute atomic E-state index is 12.5. The lowest BCUT2D eigenvalue weighted by Gasteiger charge is -2.09. The van der Waals surface area contributed by atoms with Crippen molar-refractivity contribution in [2.24, 2.45) is 0 Å². The standard InChI is InChI=1S/C24H18BrIN2O2/c1-16-3-2-4-21(11-16)28-24(29)19(14-27)12-18-7-10-23(22(26)13-18)30-15-17-5-8-20(25)9-6-17/h2-13H,15H2,1H3,(H,28,29)/b19-12-. The first-order valence-corrected chi connectivity index (χ1v) is 11.0. The molecule has 0 spiro atoms. The summed E-state index contributed by atoms with van der Waals surface area (Å²) in [6.07, 6.45) is 1.58. The number of nitrogens with one attached hydrogen (secondary N) is 1. The van der Waals surface area contributed by atoms with Crippen LogP contribution in [0, 0.1) is 21.8 Å². The van der Waals surface area contributed by atoms with Crippen molar-refractivity contribution in [2.75, 3.05) is 5.32 Å². The summed E-state index contributed by atoms with van der Waals surface area (Å²) < 4.78 is 7.82. The second kappa shape index (κ2) is 10.4. The van der Waals surface area contributed by atoms with Gasteiger partial charge in [-0.1, -0.05) is 46.3 Å². The number of rotatable bonds is 6. The van der Waals surface area contributed by atoms with E-state index in [2.05, 4.69) is 43.8 Å². The average molecular weight is 573 g/mol. The molecule has 1 N–H and O–H groups in total. The molecule has 150 valence electrons. The summed E-state index contributed by atoms with van der Waals surface area (Å²) in [4.78, 5) is 12.5. The van der Waals surface area contributed by atoms with E-state index in [4.69, 9.17) is 4.74 Å². The van der Waals surface area contributed by atoms with E-state index >= 15 is 0 Å². The van der Waals surface area contributed by atoms with Crippen LogP contribution in [0.5, 0.6) is 5.75 Å². The molecule has 0 saturated carbocycles. The molecule has 3 rings (SSSR count). The highest BCUT2D eigenvalue weighted by Gasteiger charge is 2.11. The first-order chi connectivity index (χ1) is 14.4. The maximum atomic E-state index is 12.5. The molecule has 0 aliphatic rings. The Morgan fingerprint density at radius 1 is 1.17 bits per heavy atom. The molecule has 0 aromatic heterocycles. The van der Waals surface area contributed by atoms with Crippen LogP contribution in [0.25, 0.3) is 6.08 Å². The summed E-state index contributed by atoms with van der Waals surface area (Å²) in [6.45, 7) is 2.40. The Kier molecular flexibility index (Phi) is 7.66. The fraction of sp³-hybridized carbons (Fsp3) is 0.0833. The van der Waals surface area contributed by atoms with E-state index in [9.17, 15) is 10.1 Å². The molecule has 0 aliphatic heterocycles. The van der Waals surface area contributed by atoms with Gasteiger partial charge in [-0.3, -0.25) is 4.79 Å². The normalized spacial score (nSPS) is 10.9. The molecule has 0 radical (unpaired) electrons. The third kappa shape index (κ3) is 6.18. The van der Waals surface area contributed by atoms with Gasteiger partial charge < -0.3 is 10.1 Å². The minimum absolute atomic E-state index is 0.0378. The van der Waals surface area contributed by atoms with Crippen LogP contribution in [-0.4, -0.2) is 5.91 Å². The number of nitriles is 1. The third-order valence-corrected chi connectivity index (χ3v) is 5.59. The summed E-state index contributed by atoms with van der Waals surface area (Å²) in [5.74, 6) is 0.312. The largest absolute Gasteiger partial charge is 0.488 e. The van der Waals surface area contributed by atoms with E-state index in [-0.39, 0.29) is 5.57 Å². The Hall–Kier alpha value is -2.63. The molecule has 4 nitrogen and oxygen atoms in total. The van der Waals surface area contributed by atoms with E-state index in [0.29, 0.717) is 12.3 Å². The van der Waals surface area contributed by atoms with Crippen molar-refractivity contribution in [3.63, 3.8) is 0 Å². The highest BCUT2D eigenvalue weighted by Crippen LogP contribution is 2.25. The van der Waals surface area contributed by atoms with Crippen LogP contribution >= 0.6 is 38.5 Å². The van der Waals surface area contributed by atoms with Gasteiger partial charge in [-0.05, 0) is 88.7 Å². The lowest BCUT2D eigenvalue weighted by Crippen LogP contribution is -2.13. The molecule has 1 amide bonds. The van der Waals surface area contributed by atoms with Crippen molar-refractivity contribution in [3.05, 3.63) is 97.0 Å². The minimum atomic E-state index is -0.436. The van der Waals surface area contributed by atoms with Gasteiger partial charge in [0, 0.05) is 10.2 Å². The van der Waals surface area contributed by atoms with Gasteiger partial charge >= 0.3 is 0 Å². The molecule has 0 heterocycles. The lowest BCUT2D eigenvalue weighted by molar-refractivity contribution is -0.112. The summed E-state index contributed by atoms with van der Waals surface area (Å²) in [6, 6.07) is 22.9. The number of benzene rings is 3. The van der Waals surface area contributed by atoms with Crippen LogP contribution in [0.15, 0.2) is 76.8 Å². The van der Waals surface area contributed by atoms with Crippen molar-refractivity contribution >= 4 is 56.2 Å². The molecule has 3 aromatic carbocycles. The Labute approximate surface area is 197 Å². The molecule has 3 aromatic rings. The van der Waals surface area contributed by atoms with Crippen LogP contribution in [0.1, 0.15) is 16.7 Å². The van der Waals surface area contributed by atoms with Crippen LogP contribution in [0.2, 0.25) is 0 Å². The van der Waals surface area contributed by atoms with E-state index in [1.807, 2.05) is 73.7 Å². The quantitative estimate of drug-likeness (QED) is 0.209.